The quantitative estimate of drug-likeness (QED) is 0.878. The van der Waals surface area contributed by atoms with Gasteiger partial charge in [0.2, 0.25) is 15.9 Å². The number of carbonyl (C=O) groups is 1. The molecule has 2 rings (SSSR count). The molecule has 122 valence electrons. The number of morpholine rings is 1. The van der Waals surface area contributed by atoms with Gasteiger partial charge in [0.25, 0.3) is 0 Å². The first-order chi connectivity index (χ1) is 10.3. The van der Waals surface area contributed by atoms with Gasteiger partial charge in [0.15, 0.2) is 0 Å². The van der Waals surface area contributed by atoms with Crippen LogP contribution in [0.3, 0.4) is 0 Å². The number of nitrogens with one attached hydrogen (secondary N) is 1. The Balaban J connectivity index is 2.31. The highest BCUT2D eigenvalue weighted by atomic mass is 35.5. The molecule has 6 nitrogen and oxygen atoms in total. The van der Waals surface area contributed by atoms with Crippen LogP contribution in [0.2, 0.25) is 10.0 Å². The smallest absolute Gasteiger partial charge is 0.244 e. The number of amides is 1. The summed E-state index contributed by atoms with van der Waals surface area (Å²) in [6.07, 6.45) is 0. The molecule has 1 amide bonds. The fraction of sp³-hybridized carbons (Fsp3) is 0.462. The third-order valence-corrected chi connectivity index (χ3v) is 5.93. The zero-order valence-electron chi connectivity index (χ0n) is 11.9. The highest BCUT2D eigenvalue weighted by Crippen LogP contribution is 2.31. The summed E-state index contributed by atoms with van der Waals surface area (Å²) in [5, 5.41) is 2.91. The normalized spacial score (nSPS) is 16.5. The maximum atomic E-state index is 12.6. The molecule has 1 saturated heterocycles. The lowest BCUT2D eigenvalue weighted by molar-refractivity contribution is -0.119. The van der Waals surface area contributed by atoms with E-state index >= 15 is 0 Å². The summed E-state index contributed by atoms with van der Waals surface area (Å²) in [6, 6.07) is 2.79. The van der Waals surface area contributed by atoms with E-state index in [1.54, 1.807) is 0 Å². The van der Waals surface area contributed by atoms with Gasteiger partial charge in [0.05, 0.1) is 18.2 Å². The Hall–Kier alpha value is -0.860. The molecule has 0 saturated carbocycles. The van der Waals surface area contributed by atoms with Crippen LogP contribution in [0.4, 0.5) is 0 Å². The van der Waals surface area contributed by atoms with E-state index in [2.05, 4.69) is 5.32 Å². The van der Waals surface area contributed by atoms with Gasteiger partial charge in [0.1, 0.15) is 4.90 Å². The van der Waals surface area contributed by atoms with Crippen molar-refractivity contribution in [3.63, 3.8) is 0 Å². The SMILES string of the molecule is CC(=O)NCc1cc(Cl)c(S(=O)(=O)N2CCOCC2)cc1Cl. The molecule has 0 unspecified atom stereocenters. The largest absolute Gasteiger partial charge is 0.379 e. The highest BCUT2D eigenvalue weighted by molar-refractivity contribution is 7.89. The lowest BCUT2D eigenvalue weighted by Crippen LogP contribution is -2.40. The average molecular weight is 367 g/mol. The molecule has 1 aromatic rings. The van der Waals surface area contributed by atoms with E-state index < -0.39 is 10.0 Å². The number of hydrogen-bond donors (Lipinski definition) is 1. The summed E-state index contributed by atoms with van der Waals surface area (Å²) >= 11 is 12.2. The number of sulfonamides is 1. The first-order valence-corrected chi connectivity index (χ1v) is 8.82. The van der Waals surface area contributed by atoms with Crippen LogP contribution in [0.25, 0.3) is 0 Å². The van der Waals surface area contributed by atoms with Crippen molar-refractivity contribution in [3.05, 3.63) is 27.7 Å². The number of ether oxygens (including phenoxy) is 1. The Kier molecular flexibility index (Phi) is 5.68. The molecule has 1 fully saturated rings. The van der Waals surface area contributed by atoms with Crippen LogP contribution in [-0.2, 0) is 26.1 Å². The molecule has 0 radical (unpaired) electrons. The molecule has 1 aliphatic heterocycles. The zero-order chi connectivity index (χ0) is 16.3. The first kappa shape index (κ1) is 17.5. The van der Waals surface area contributed by atoms with Crippen LogP contribution in [0.15, 0.2) is 17.0 Å². The summed E-state index contributed by atoms with van der Waals surface area (Å²) in [5.41, 5.74) is 0.558. The van der Waals surface area contributed by atoms with Crippen LogP contribution >= 0.6 is 23.2 Å². The van der Waals surface area contributed by atoms with Crippen LogP contribution < -0.4 is 5.32 Å². The fourth-order valence-electron chi connectivity index (χ4n) is 2.05. The topological polar surface area (TPSA) is 75.7 Å². The Bertz CT molecular complexity index is 673. The number of benzene rings is 1. The maximum absolute atomic E-state index is 12.6. The van der Waals surface area contributed by atoms with Crippen molar-refractivity contribution in [3.8, 4) is 0 Å². The minimum absolute atomic E-state index is 0.0346. The van der Waals surface area contributed by atoms with Gasteiger partial charge in [-0.2, -0.15) is 4.31 Å². The van der Waals surface area contributed by atoms with Crippen molar-refractivity contribution < 1.29 is 17.9 Å². The lowest BCUT2D eigenvalue weighted by Gasteiger charge is -2.26. The molecule has 22 heavy (non-hydrogen) atoms. The van der Waals surface area contributed by atoms with E-state index in [-0.39, 0.29) is 40.5 Å². The van der Waals surface area contributed by atoms with Crippen molar-refractivity contribution in [2.75, 3.05) is 26.3 Å². The molecular weight excluding hydrogens is 351 g/mol. The zero-order valence-corrected chi connectivity index (χ0v) is 14.3. The molecule has 0 bridgehead atoms. The molecular formula is C13H16Cl2N2O4S. The average Bonchev–Trinajstić information content (AvgIpc) is 2.48. The molecule has 0 aromatic heterocycles. The van der Waals surface area contributed by atoms with Gasteiger partial charge in [-0.15, -0.1) is 0 Å². The molecule has 9 heteroatoms. The van der Waals surface area contributed by atoms with E-state index in [9.17, 15) is 13.2 Å². The van der Waals surface area contributed by atoms with E-state index in [0.717, 1.165) is 0 Å². The molecule has 1 heterocycles. The lowest BCUT2D eigenvalue weighted by atomic mass is 10.2. The first-order valence-electron chi connectivity index (χ1n) is 6.62. The summed E-state index contributed by atoms with van der Waals surface area (Å²) in [7, 11) is -3.71. The Labute approximate surface area is 139 Å². The van der Waals surface area contributed by atoms with Crippen molar-refractivity contribution in [2.24, 2.45) is 0 Å². The molecule has 0 aliphatic carbocycles. The second-order valence-electron chi connectivity index (χ2n) is 4.80. The van der Waals surface area contributed by atoms with E-state index in [4.69, 9.17) is 27.9 Å². The predicted molar refractivity (Wildman–Crippen MR) is 83.6 cm³/mol. The van der Waals surface area contributed by atoms with Crippen molar-refractivity contribution >= 4 is 39.1 Å². The minimum atomic E-state index is -3.71. The summed E-state index contributed by atoms with van der Waals surface area (Å²) < 4.78 is 31.7. The standard InChI is InChI=1S/C13H16Cl2N2O4S/c1-9(18)16-8-10-6-12(15)13(7-11(10)14)22(19,20)17-2-4-21-5-3-17/h6-7H,2-5,8H2,1H3,(H,16,18). The van der Waals surface area contributed by atoms with Crippen molar-refractivity contribution in [1.29, 1.82) is 0 Å². The van der Waals surface area contributed by atoms with Gasteiger partial charge in [-0.05, 0) is 17.7 Å². The number of hydrogen-bond acceptors (Lipinski definition) is 4. The summed E-state index contributed by atoms with van der Waals surface area (Å²) in [4.78, 5) is 10.9. The maximum Gasteiger partial charge on any atom is 0.244 e. The number of rotatable bonds is 4. The van der Waals surface area contributed by atoms with Crippen LogP contribution in [-0.4, -0.2) is 44.9 Å². The number of halogens is 2. The van der Waals surface area contributed by atoms with Gasteiger partial charge in [-0.25, -0.2) is 8.42 Å². The van der Waals surface area contributed by atoms with Crippen molar-refractivity contribution in [2.45, 2.75) is 18.4 Å². The van der Waals surface area contributed by atoms with Gasteiger partial charge in [0, 0.05) is 31.6 Å². The minimum Gasteiger partial charge on any atom is -0.379 e. The van der Waals surface area contributed by atoms with Crippen LogP contribution in [0, 0.1) is 0 Å². The van der Waals surface area contributed by atoms with Crippen molar-refractivity contribution in [1.82, 2.24) is 9.62 Å². The number of carbonyl (C=O) groups excluding carboxylic acids is 1. The molecule has 1 aromatic carbocycles. The Morgan fingerprint density at radius 3 is 2.50 bits per heavy atom. The van der Waals surface area contributed by atoms with E-state index in [0.29, 0.717) is 18.8 Å². The van der Waals surface area contributed by atoms with Gasteiger partial charge < -0.3 is 10.1 Å². The molecule has 0 atom stereocenters. The fourth-order valence-corrected chi connectivity index (χ4v) is 4.30. The molecule has 0 spiro atoms. The van der Waals surface area contributed by atoms with Crippen LogP contribution in [0.5, 0.6) is 0 Å². The Morgan fingerprint density at radius 2 is 1.91 bits per heavy atom. The third-order valence-electron chi connectivity index (χ3n) is 3.22. The molecule has 1 aliphatic rings. The molecule has 1 N–H and O–H groups in total. The summed E-state index contributed by atoms with van der Waals surface area (Å²) in [5.74, 6) is -0.211. The third kappa shape index (κ3) is 3.91. The second kappa shape index (κ2) is 7.14. The van der Waals surface area contributed by atoms with Crippen LogP contribution in [0.1, 0.15) is 12.5 Å². The second-order valence-corrected chi connectivity index (χ2v) is 7.52. The van der Waals surface area contributed by atoms with Gasteiger partial charge in [-0.1, -0.05) is 23.2 Å². The number of nitrogens with zero attached hydrogens (tertiary/aromatic N) is 1. The Morgan fingerprint density at radius 1 is 1.27 bits per heavy atom. The monoisotopic (exact) mass is 366 g/mol. The summed E-state index contributed by atoms with van der Waals surface area (Å²) in [6.45, 7) is 2.84. The highest BCUT2D eigenvalue weighted by Gasteiger charge is 2.29. The van der Waals surface area contributed by atoms with E-state index in [1.165, 1.54) is 23.4 Å². The van der Waals surface area contributed by atoms with E-state index in [1.807, 2.05) is 0 Å². The van der Waals surface area contributed by atoms with Gasteiger partial charge in [-0.3, -0.25) is 4.79 Å². The predicted octanol–water partition coefficient (Wildman–Crippen LogP) is 1.65. The van der Waals surface area contributed by atoms with Gasteiger partial charge >= 0.3 is 0 Å².